The normalized spacial score (nSPS) is 11.0. The number of hydrogen-bond acceptors (Lipinski definition) is 3. The van der Waals surface area contributed by atoms with Gasteiger partial charge in [-0.2, -0.15) is 0 Å². The third-order valence-electron chi connectivity index (χ3n) is 3.97. The maximum absolute atomic E-state index is 12.9. The van der Waals surface area contributed by atoms with Gasteiger partial charge < -0.3 is 9.73 Å². The highest BCUT2D eigenvalue weighted by Gasteiger charge is 2.23. The Morgan fingerprint density at radius 3 is 2.40 bits per heavy atom. The van der Waals surface area contributed by atoms with Gasteiger partial charge in [0, 0.05) is 17.4 Å². The van der Waals surface area contributed by atoms with E-state index in [1.165, 1.54) is 0 Å². The summed E-state index contributed by atoms with van der Waals surface area (Å²) in [4.78, 5) is 25.2. The molecule has 1 amide bonds. The van der Waals surface area contributed by atoms with E-state index >= 15 is 0 Å². The van der Waals surface area contributed by atoms with Crippen LogP contribution in [0.2, 0.25) is 0 Å². The van der Waals surface area contributed by atoms with Gasteiger partial charge in [-0.3, -0.25) is 9.59 Å². The number of ketones is 1. The van der Waals surface area contributed by atoms with Crippen LogP contribution in [0.3, 0.4) is 0 Å². The van der Waals surface area contributed by atoms with Crippen LogP contribution in [-0.4, -0.2) is 11.7 Å². The molecule has 25 heavy (non-hydrogen) atoms. The zero-order valence-corrected chi connectivity index (χ0v) is 14.6. The molecular weight excluding hydrogens is 314 g/mol. The van der Waals surface area contributed by atoms with Crippen LogP contribution in [0.4, 0.5) is 5.69 Å². The lowest BCUT2D eigenvalue weighted by atomic mass is 10.1. The Balaban J connectivity index is 2.04. The molecule has 3 aromatic rings. The first-order chi connectivity index (χ1) is 12.0. The molecular formula is C21H21NO3. The first-order valence-electron chi connectivity index (χ1n) is 8.38. The second-order valence-corrected chi connectivity index (χ2v) is 6.64. The molecule has 0 unspecified atom stereocenters. The minimum absolute atomic E-state index is 0.125. The molecule has 4 heteroatoms. The van der Waals surface area contributed by atoms with Crippen molar-refractivity contribution in [3.8, 4) is 0 Å². The highest BCUT2D eigenvalue weighted by molar-refractivity contribution is 6.17. The number of rotatable bonds is 5. The van der Waals surface area contributed by atoms with E-state index in [4.69, 9.17) is 4.42 Å². The number of carbonyl (C=O) groups excluding carboxylic acids is 2. The number of furan rings is 1. The Bertz CT molecular complexity index is 920. The lowest BCUT2D eigenvalue weighted by molar-refractivity contribution is -0.116. The summed E-state index contributed by atoms with van der Waals surface area (Å²) in [6.45, 7) is 5.92. The van der Waals surface area contributed by atoms with Crippen LogP contribution in [0, 0.1) is 12.8 Å². The fourth-order valence-corrected chi connectivity index (χ4v) is 2.73. The molecule has 0 aliphatic heterocycles. The third kappa shape index (κ3) is 3.63. The first-order valence-corrected chi connectivity index (χ1v) is 8.38. The molecule has 2 aromatic carbocycles. The molecule has 0 saturated heterocycles. The Morgan fingerprint density at radius 1 is 1.04 bits per heavy atom. The Kier molecular flexibility index (Phi) is 4.70. The lowest BCUT2D eigenvalue weighted by Gasteiger charge is -2.08. The van der Waals surface area contributed by atoms with Gasteiger partial charge in [-0.05, 0) is 25.0 Å². The average molecular weight is 335 g/mol. The van der Waals surface area contributed by atoms with Gasteiger partial charge in [0.15, 0.2) is 5.76 Å². The minimum Gasteiger partial charge on any atom is -0.450 e. The molecule has 1 N–H and O–H groups in total. The second kappa shape index (κ2) is 6.93. The van der Waals surface area contributed by atoms with Crippen LogP contribution in [0.1, 0.15) is 41.9 Å². The van der Waals surface area contributed by atoms with Crippen LogP contribution >= 0.6 is 0 Å². The standard InChI is InChI=1S/C21H21NO3/c1-13(2)12-18(23)22-19-16-6-4-5-7-17(16)25-21(19)20(24)15-10-8-14(3)9-11-15/h4-11,13H,12H2,1-3H3,(H,22,23). The summed E-state index contributed by atoms with van der Waals surface area (Å²) < 4.78 is 5.79. The van der Waals surface area contributed by atoms with Crippen molar-refractivity contribution >= 4 is 28.3 Å². The number of amides is 1. The third-order valence-corrected chi connectivity index (χ3v) is 3.97. The Labute approximate surface area is 146 Å². The molecule has 0 radical (unpaired) electrons. The van der Waals surface area contributed by atoms with Crippen LogP contribution in [0.5, 0.6) is 0 Å². The molecule has 128 valence electrons. The molecule has 0 aliphatic carbocycles. The predicted octanol–water partition coefficient (Wildman–Crippen LogP) is 4.96. The van der Waals surface area contributed by atoms with Crippen molar-refractivity contribution in [2.75, 3.05) is 5.32 Å². The van der Waals surface area contributed by atoms with Gasteiger partial charge in [0.25, 0.3) is 0 Å². The largest absolute Gasteiger partial charge is 0.450 e. The van der Waals surface area contributed by atoms with Gasteiger partial charge in [-0.25, -0.2) is 0 Å². The average Bonchev–Trinajstić information content (AvgIpc) is 2.93. The fourth-order valence-electron chi connectivity index (χ4n) is 2.73. The molecule has 0 aliphatic rings. The van der Waals surface area contributed by atoms with Crippen molar-refractivity contribution in [3.63, 3.8) is 0 Å². The van der Waals surface area contributed by atoms with Gasteiger partial charge in [-0.15, -0.1) is 0 Å². The van der Waals surface area contributed by atoms with Crippen LogP contribution in [-0.2, 0) is 4.79 Å². The van der Waals surface area contributed by atoms with E-state index in [0.717, 1.165) is 10.9 Å². The van der Waals surface area contributed by atoms with Gasteiger partial charge in [-0.1, -0.05) is 55.8 Å². The van der Waals surface area contributed by atoms with Gasteiger partial charge in [0.2, 0.25) is 11.7 Å². The highest BCUT2D eigenvalue weighted by Crippen LogP contribution is 2.32. The first kappa shape index (κ1) is 17.0. The topological polar surface area (TPSA) is 59.3 Å². The molecule has 0 fully saturated rings. The van der Waals surface area contributed by atoms with E-state index in [1.54, 1.807) is 18.2 Å². The van der Waals surface area contributed by atoms with Crippen molar-refractivity contribution in [3.05, 3.63) is 65.4 Å². The maximum Gasteiger partial charge on any atom is 0.230 e. The van der Waals surface area contributed by atoms with Crippen LogP contribution in [0.15, 0.2) is 52.9 Å². The smallest absolute Gasteiger partial charge is 0.230 e. The zero-order valence-electron chi connectivity index (χ0n) is 14.6. The SMILES string of the molecule is Cc1ccc(C(=O)c2oc3ccccc3c2NC(=O)CC(C)C)cc1. The highest BCUT2D eigenvalue weighted by atomic mass is 16.3. The van der Waals surface area contributed by atoms with Crippen LogP contribution < -0.4 is 5.32 Å². The fraction of sp³-hybridized carbons (Fsp3) is 0.238. The van der Waals surface area contributed by atoms with E-state index in [1.807, 2.05) is 51.1 Å². The minimum atomic E-state index is -0.240. The van der Waals surface area contributed by atoms with E-state index in [9.17, 15) is 9.59 Å². The summed E-state index contributed by atoms with van der Waals surface area (Å²) in [7, 11) is 0. The molecule has 0 spiro atoms. The molecule has 1 heterocycles. The van der Waals surface area contributed by atoms with Crippen molar-refractivity contribution < 1.29 is 14.0 Å². The summed E-state index contributed by atoms with van der Waals surface area (Å²) in [5, 5.41) is 3.60. The molecule has 0 atom stereocenters. The summed E-state index contributed by atoms with van der Waals surface area (Å²) in [5.74, 6) is 0.0344. The second-order valence-electron chi connectivity index (χ2n) is 6.64. The molecule has 4 nitrogen and oxygen atoms in total. The van der Waals surface area contributed by atoms with Crippen molar-refractivity contribution in [2.24, 2.45) is 5.92 Å². The van der Waals surface area contributed by atoms with E-state index in [-0.39, 0.29) is 23.4 Å². The number of fused-ring (bicyclic) bond motifs is 1. The van der Waals surface area contributed by atoms with E-state index in [2.05, 4.69) is 5.32 Å². The van der Waals surface area contributed by atoms with Gasteiger partial charge >= 0.3 is 0 Å². The van der Waals surface area contributed by atoms with Crippen molar-refractivity contribution in [1.82, 2.24) is 0 Å². The number of para-hydroxylation sites is 1. The number of anilines is 1. The van der Waals surface area contributed by atoms with E-state index in [0.29, 0.717) is 23.3 Å². The zero-order chi connectivity index (χ0) is 18.0. The Hall–Kier alpha value is -2.88. The number of benzene rings is 2. The molecule has 0 bridgehead atoms. The summed E-state index contributed by atoms with van der Waals surface area (Å²) in [5.41, 5.74) is 2.64. The predicted molar refractivity (Wildman–Crippen MR) is 98.9 cm³/mol. The van der Waals surface area contributed by atoms with Gasteiger partial charge in [0.05, 0.1) is 5.69 Å². The summed E-state index contributed by atoms with van der Waals surface area (Å²) in [6, 6.07) is 14.6. The summed E-state index contributed by atoms with van der Waals surface area (Å²) >= 11 is 0. The molecule has 1 aromatic heterocycles. The van der Waals surface area contributed by atoms with Gasteiger partial charge in [0.1, 0.15) is 5.58 Å². The summed E-state index contributed by atoms with van der Waals surface area (Å²) in [6.07, 6.45) is 0.387. The maximum atomic E-state index is 12.9. The molecule has 0 saturated carbocycles. The molecule has 3 rings (SSSR count). The number of aryl methyl sites for hydroxylation is 1. The van der Waals surface area contributed by atoms with Crippen LogP contribution in [0.25, 0.3) is 11.0 Å². The monoisotopic (exact) mass is 335 g/mol. The van der Waals surface area contributed by atoms with E-state index < -0.39 is 0 Å². The number of carbonyl (C=O) groups is 2. The quantitative estimate of drug-likeness (QED) is 0.671. The number of hydrogen-bond donors (Lipinski definition) is 1. The van der Waals surface area contributed by atoms with Crippen molar-refractivity contribution in [2.45, 2.75) is 27.2 Å². The number of nitrogens with one attached hydrogen (secondary N) is 1. The van der Waals surface area contributed by atoms with Crippen molar-refractivity contribution in [1.29, 1.82) is 0 Å². The lowest BCUT2D eigenvalue weighted by Crippen LogP contribution is -2.15. The Morgan fingerprint density at radius 2 is 1.72 bits per heavy atom.